The molecule has 18 heteroatoms. The summed E-state index contributed by atoms with van der Waals surface area (Å²) in [5.41, 5.74) is 3.47. The summed E-state index contributed by atoms with van der Waals surface area (Å²) >= 11 is 0. The van der Waals surface area contributed by atoms with E-state index in [-0.39, 0.29) is 62.8 Å². The van der Waals surface area contributed by atoms with Gasteiger partial charge in [-0.3, -0.25) is 28.8 Å². The molecule has 78 heavy (non-hydrogen) atoms. The van der Waals surface area contributed by atoms with Crippen molar-refractivity contribution < 1.29 is 48.1 Å². The predicted octanol–water partition coefficient (Wildman–Crippen LogP) is 3.76. The highest BCUT2D eigenvalue weighted by atomic mass is 16.5. The fraction of sp³-hybridized carbons (Fsp3) is 0.500. The maximum absolute atomic E-state index is 14.8. The van der Waals surface area contributed by atoms with Crippen molar-refractivity contribution in [3.8, 4) is 17.2 Å². The molecule has 18 nitrogen and oxygen atoms in total. The van der Waals surface area contributed by atoms with E-state index in [1.165, 1.54) is 16.8 Å². The van der Waals surface area contributed by atoms with Crippen LogP contribution in [0.4, 0.5) is 0 Å². The first-order valence-electron chi connectivity index (χ1n) is 27.7. The molecule has 0 saturated carbocycles. The molecule has 0 bridgehead atoms. The number of likely N-dealkylation sites (N-methyl/N-ethyl adjacent to an activating group) is 2. The maximum atomic E-state index is 14.8. The number of benzene rings is 4. The summed E-state index contributed by atoms with van der Waals surface area (Å²) in [5, 5.41) is 29.1. The summed E-state index contributed by atoms with van der Waals surface area (Å²) in [5.74, 6) is -1.46. The van der Waals surface area contributed by atoms with Crippen LogP contribution in [-0.4, -0.2) is 153 Å². The predicted molar refractivity (Wildman–Crippen MR) is 299 cm³/mol. The van der Waals surface area contributed by atoms with E-state index in [9.17, 15) is 33.9 Å². The lowest BCUT2D eigenvalue weighted by Crippen LogP contribution is -2.59. The summed E-state index contributed by atoms with van der Waals surface area (Å²) in [4.78, 5) is 88.0. The average Bonchev–Trinajstić information content (AvgIpc) is 3.45. The third-order valence-corrected chi connectivity index (χ3v) is 14.9. The molecule has 0 radical (unpaired) electrons. The number of para-hydroxylation sites is 1. The zero-order valence-corrected chi connectivity index (χ0v) is 46.3. The van der Waals surface area contributed by atoms with Gasteiger partial charge < -0.3 is 61.0 Å². The molecule has 6 rings (SSSR count). The van der Waals surface area contributed by atoms with Crippen LogP contribution in [0.15, 0.2) is 103 Å². The van der Waals surface area contributed by atoms with Gasteiger partial charge >= 0.3 is 0 Å². The second-order valence-corrected chi connectivity index (χ2v) is 20.4. The Labute approximate surface area is 460 Å². The summed E-state index contributed by atoms with van der Waals surface area (Å²) in [6.07, 6.45) is 3.95. The van der Waals surface area contributed by atoms with Crippen molar-refractivity contribution in [1.82, 2.24) is 41.7 Å². The Morgan fingerprint density at radius 2 is 1.04 bits per heavy atom. The smallest absolute Gasteiger partial charge is 0.247 e. The van der Waals surface area contributed by atoms with Crippen LogP contribution in [0.5, 0.6) is 17.2 Å². The van der Waals surface area contributed by atoms with Gasteiger partial charge in [-0.15, -0.1) is 0 Å². The van der Waals surface area contributed by atoms with Crippen molar-refractivity contribution in [2.45, 2.75) is 115 Å². The summed E-state index contributed by atoms with van der Waals surface area (Å²) in [6.45, 7) is 8.58. The topological polar surface area (TPSA) is 229 Å². The molecule has 4 aromatic carbocycles. The number of nitrogens with one attached hydrogen (secondary N) is 6. The average molecular weight is 1080 g/mol. The van der Waals surface area contributed by atoms with Gasteiger partial charge in [-0.2, -0.15) is 0 Å². The number of rotatable bonds is 12. The van der Waals surface area contributed by atoms with E-state index in [1.54, 1.807) is 19.2 Å². The van der Waals surface area contributed by atoms with E-state index in [0.29, 0.717) is 69.7 Å². The molecule has 7 N–H and O–H groups in total. The van der Waals surface area contributed by atoms with Gasteiger partial charge in [0, 0.05) is 59.2 Å². The van der Waals surface area contributed by atoms with E-state index < -0.39 is 66.5 Å². The zero-order valence-electron chi connectivity index (χ0n) is 46.3. The maximum Gasteiger partial charge on any atom is 0.247 e. The van der Waals surface area contributed by atoms with Crippen LogP contribution >= 0.6 is 0 Å². The minimum Gasteiger partial charge on any atom is -0.492 e. The molecule has 422 valence electrons. The molecule has 2 heterocycles. The Hall–Kier alpha value is -7.02. The van der Waals surface area contributed by atoms with Crippen molar-refractivity contribution in [1.29, 1.82) is 0 Å². The Kier molecular flexibility index (Phi) is 23.8. The highest BCUT2D eigenvalue weighted by Crippen LogP contribution is 2.28. The number of hydrogen-bond donors (Lipinski definition) is 7. The Morgan fingerprint density at radius 1 is 0.577 bits per heavy atom. The van der Waals surface area contributed by atoms with Crippen LogP contribution < -0.4 is 46.1 Å². The number of amides is 6. The first-order valence-corrected chi connectivity index (χ1v) is 27.7. The van der Waals surface area contributed by atoms with Gasteiger partial charge in [-0.05, 0) is 71.9 Å². The minimum atomic E-state index is -1.26. The van der Waals surface area contributed by atoms with E-state index >= 15 is 0 Å². The van der Waals surface area contributed by atoms with Crippen molar-refractivity contribution in [3.63, 3.8) is 0 Å². The number of carbonyl (C=O) groups excluding carboxylic acids is 6. The van der Waals surface area contributed by atoms with Gasteiger partial charge in [0.25, 0.3) is 0 Å². The lowest BCUT2D eigenvalue weighted by atomic mass is 9.97. The van der Waals surface area contributed by atoms with Crippen LogP contribution in [-0.2, 0) is 54.5 Å². The van der Waals surface area contributed by atoms with Gasteiger partial charge in [-0.25, -0.2) is 0 Å². The SMILES string of the molecule is CCC(C)[C@@H]1NCCOc2ccccc2CCCNC(=O)[C@@H](Cc2ccccc2)NC(=O)[C@@H](COc2ccc3c(c2)OCCN[C@@H](C(C)CC)C(=O)N(C)[C@@H](CO)C(=O)N[C@H](Cc2ccccc2)C(=O)NCCC3)N(C)C1=O. The number of aryl methyl sites for hydroxylation is 2. The van der Waals surface area contributed by atoms with Crippen LogP contribution in [0.1, 0.15) is 75.6 Å². The van der Waals surface area contributed by atoms with Gasteiger partial charge in [0.05, 0.1) is 18.7 Å². The number of carbonyl (C=O) groups is 6. The van der Waals surface area contributed by atoms with E-state index in [0.717, 1.165) is 28.0 Å². The fourth-order valence-electron chi connectivity index (χ4n) is 9.65. The third-order valence-electron chi connectivity index (χ3n) is 14.9. The largest absolute Gasteiger partial charge is 0.492 e. The van der Waals surface area contributed by atoms with Gasteiger partial charge in [0.1, 0.15) is 61.2 Å². The summed E-state index contributed by atoms with van der Waals surface area (Å²) in [7, 11) is 3.05. The van der Waals surface area contributed by atoms with Crippen molar-refractivity contribution in [2.75, 3.05) is 66.7 Å². The molecule has 0 aliphatic carbocycles. The van der Waals surface area contributed by atoms with E-state index in [4.69, 9.17) is 14.2 Å². The second-order valence-electron chi connectivity index (χ2n) is 20.4. The molecule has 0 fully saturated rings. The van der Waals surface area contributed by atoms with Crippen LogP contribution in [0, 0.1) is 11.8 Å². The molecule has 0 saturated heterocycles. The van der Waals surface area contributed by atoms with Crippen molar-refractivity contribution >= 4 is 35.4 Å². The number of nitrogens with zero attached hydrogens (tertiary/aromatic N) is 2. The molecule has 6 amide bonds. The van der Waals surface area contributed by atoms with E-state index in [2.05, 4.69) is 31.9 Å². The van der Waals surface area contributed by atoms with Crippen LogP contribution in [0.2, 0.25) is 0 Å². The highest BCUT2D eigenvalue weighted by molar-refractivity contribution is 5.94. The highest BCUT2D eigenvalue weighted by Gasteiger charge is 2.37. The third kappa shape index (κ3) is 17.2. The molecule has 8 atom stereocenters. The molecule has 2 aliphatic heterocycles. The van der Waals surface area contributed by atoms with Crippen molar-refractivity contribution in [2.24, 2.45) is 11.8 Å². The normalized spacial score (nSPS) is 23.1. The number of ether oxygens (including phenoxy) is 3. The Morgan fingerprint density at radius 3 is 1.55 bits per heavy atom. The molecular weight excluding hydrogens is 993 g/mol. The molecule has 0 aromatic heterocycles. The standard InChI is InChI=1S/C60H82N8O10/c1-7-40(3)53-59(74)67(5)49(38-69)57(72)65-47(35-42-19-11-9-12-20-42)55(70)64-30-18-25-45-27-28-46(37-52(45)77-34-32-62-53)78-39-50-58(73)66-48(36-43-21-13-10-14-22-43)56(71)63-29-17-24-44-23-15-16-26-51(44)76-33-31-61-54(41(4)8-2)60(75)68(50)6/h9-16,19-23,26-28,37,40-41,47-50,53-54,61-62,69H,7-8,17-18,24-25,29-36,38-39H2,1-6H3,(H,63,71)(H,64,70)(H,65,72)(H,66,73)/t40?,41?,47-,48-,49+,50-,53+,54+/m1/s1. The van der Waals surface area contributed by atoms with Crippen LogP contribution in [0.25, 0.3) is 0 Å². The Balaban J connectivity index is 1.28. The number of aliphatic hydroxyl groups is 1. The lowest BCUT2D eigenvalue weighted by molar-refractivity contribution is -0.143. The molecule has 2 unspecified atom stereocenters. The lowest BCUT2D eigenvalue weighted by Gasteiger charge is -2.34. The first-order chi connectivity index (χ1) is 37.7. The van der Waals surface area contributed by atoms with Crippen LogP contribution in [0.3, 0.4) is 0 Å². The Bertz CT molecular complexity index is 2570. The molecule has 2 aliphatic rings. The second kappa shape index (κ2) is 30.8. The quantitative estimate of drug-likeness (QED) is 0.108. The van der Waals surface area contributed by atoms with Gasteiger partial charge in [-0.1, -0.05) is 125 Å². The fourth-order valence-corrected chi connectivity index (χ4v) is 9.65. The number of hydrogen-bond acceptors (Lipinski definition) is 12. The molecule has 4 aromatic rings. The van der Waals surface area contributed by atoms with E-state index in [1.807, 2.05) is 119 Å². The van der Waals surface area contributed by atoms with Gasteiger partial charge in [0.15, 0.2) is 0 Å². The monoisotopic (exact) mass is 1070 g/mol. The summed E-state index contributed by atoms with van der Waals surface area (Å²) < 4.78 is 19.2. The summed E-state index contributed by atoms with van der Waals surface area (Å²) in [6, 6.07) is 26.0. The van der Waals surface area contributed by atoms with Crippen molar-refractivity contribution in [3.05, 3.63) is 125 Å². The minimum absolute atomic E-state index is 0.122. The van der Waals surface area contributed by atoms with Gasteiger partial charge in [0.2, 0.25) is 35.4 Å². The number of fused-ring (bicyclic) bond motifs is 2. The molecule has 0 spiro atoms. The number of aliphatic hydroxyl groups excluding tert-OH is 1. The zero-order chi connectivity index (χ0) is 56.0. The first kappa shape index (κ1) is 60.2. The molecular formula is C60H82N8O10.